The summed E-state index contributed by atoms with van der Waals surface area (Å²) in [7, 11) is 0. The van der Waals surface area contributed by atoms with Gasteiger partial charge in [-0.05, 0) is 39.0 Å². The third-order valence-corrected chi connectivity index (χ3v) is 4.86. The molecule has 2 rings (SSSR count). The van der Waals surface area contributed by atoms with Gasteiger partial charge in [0.25, 0.3) is 0 Å². The van der Waals surface area contributed by atoms with Crippen LogP contribution in [0.1, 0.15) is 33.1 Å². The summed E-state index contributed by atoms with van der Waals surface area (Å²) in [5.74, 6) is 1.21. The van der Waals surface area contributed by atoms with Crippen molar-refractivity contribution >= 4 is 23.4 Å². The molecular weight excluding hydrogens is 238 g/mol. The lowest BCUT2D eigenvalue weighted by Gasteiger charge is -2.21. The SMILES string of the molecule is CC(C)OC(=O)CS[C@@H]1/C(=N/O)[C@H]2CC[C@@H]1C2. The van der Waals surface area contributed by atoms with Gasteiger partial charge in [0.2, 0.25) is 0 Å². The second-order valence-corrected chi connectivity index (χ2v) is 6.20. The van der Waals surface area contributed by atoms with E-state index in [1.165, 1.54) is 6.42 Å². The van der Waals surface area contributed by atoms with E-state index in [0.717, 1.165) is 18.6 Å². The summed E-state index contributed by atoms with van der Waals surface area (Å²) >= 11 is 1.56. The molecule has 2 fully saturated rings. The van der Waals surface area contributed by atoms with Crippen LogP contribution in [0.3, 0.4) is 0 Å². The molecule has 0 radical (unpaired) electrons. The summed E-state index contributed by atoms with van der Waals surface area (Å²) < 4.78 is 5.10. The summed E-state index contributed by atoms with van der Waals surface area (Å²) in [6, 6.07) is 0. The minimum Gasteiger partial charge on any atom is -0.462 e. The predicted molar refractivity (Wildman–Crippen MR) is 67.5 cm³/mol. The normalized spacial score (nSPS) is 33.6. The molecule has 2 saturated carbocycles. The largest absolute Gasteiger partial charge is 0.462 e. The van der Waals surface area contributed by atoms with E-state index in [-0.39, 0.29) is 17.3 Å². The number of fused-ring (bicyclic) bond motifs is 2. The number of hydrogen-bond acceptors (Lipinski definition) is 5. The smallest absolute Gasteiger partial charge is 0.316 e. The van der Waals surface area contributed by atoms with E-state index in [1.807, 2.05) is 13.8 Å². The van der Waals surface area contributed by atoms with Gasteiger partial charge in [-0.1, -0.05) is 5.16 Å². The topological polar surface area (TPSA) is 58.9 Å². The molecule has 0 unspecified atom stereocenters. The highest BCUT2D eigenvalue weighted by atomic mass is 32.2. The average Bonchev–Trinajstić information content (AvgIpc) is 2.84. The van der Waals surface area contributed by atoms with E-state index < -0.39 is 0 Å². The molecule has 4 nitrogen and oxygen atoms in total. The first-order valence-electron chi connectivity index (χ1n) is 6.14. The zero-order valence-corrected chi connectivity index (χ0v) is 11.1. The van der Waals surface area contributed by atoms with Gasteiger partial charge >= 0.3 is 5.97 Å². The molecule has 5 heteroatoms. The molecule has 0 aromatic heterocycles. The number of rotatable bonds is 4. The van der Waals surface area contributed by atoms with Crippen LogP contribution in [0.5, 0.6) is 0 Å². The molecule has 1 N–H and O–H groups in total. The highest BCUT2D eigenvalue weighted by Gasteiger charge is 2.45. The van der Waals surface area contributed by atoms with Crippen molar-refractivity contribution in [1.82, 2.24) is 0 Å². The fraction of sp³-hybridized carbons (Fsp3) is 0.833. The Morgan fingerprint density at radius 1 is 1.59 bits per heavy atom. The first-order valence-corrected chi connectivity index (χ1v) is 7.19. The van der Waals surface area contributed by atoms with Gasteiger partial charge < -0.3 is 9.94 Å². The van der Waals surface area contributed by atoms with Gasteiger partial charge in [-0.2, -0.15) is 0 Å². The van der Waals surface area contributed by atoms with Gasteiger partial charge in [0, 0.05) is 5.92 Å². The summed E-state index contributed by atoms with van der Waals surface area (Å²) in [4.78, 5) is 11.5. The number of esters is 1. The Balaban J connectivity index is 1.85. The molecule has 0 amide bonds. The molecule has 2 aliphatic carbocycles. The maximum atomic E-state index is 11.5. The number of carbonyl (C=O) groups is 1. The Bertz CT molecular complexity index is 330. The number of nitrogens with zero attached hydrogens (tertiary/aromatic N) is 1. The van der Waals surface area contributed by atoms with Crippen LogP contribution < -0.4 is 0 Å². The molecule has 0 spiro atoms. The van der Waals surface area contributed by atoms with E-state index >= 15 is 0 Å². The van der Waals surface area contributed by atoms with Crippen LogP contribution >= 0.6 is 11.8 Å². The number of hydrogen-bond donors (Lipinski definition) is 1. The third kappa shape index (κ3) is 2.76. The fourth-order valence-corrected chi connectivity index (χ4v) is 4.16. The zero-order chi connectivity index (χ0) is 12.4. The second-order valence-electron chi connectivity index (χ2n) is 5.07. The van der Waals surface area contributed by atoms with Crippen molar-refractivity contribution in [2.24, 2.45) is 17.0 Å². The van der Waals surface area contributed by atoms with E-state index in [1.54, 1.807) is 11.8 Å². The van der Waals surface area contributed by atoms with E-state index in [2.05, 4.69) is 5.16 Å². The molecule has 2 aliphatic rings. The summed E-state index contributed by atoms with van der Waals surface area (Å²) in [5.41, 5.74) is 0.892. The van der Waals surface area contributed by atoms with E-state index in [0.29, 0.717) is 17.6 Å². The predicted octanol–water partition coefficient (Wildman–Crippen LogP) is 2.30. The minimum atomic E-state index is -0.176. The first-order chi connectivity index (χ1) is 8.11. The van der Waals surface area contributed by atoms with Crippen LogP contribution in [0.2, 0.25) is 0 Å². The Kier molecular flexibility index (Phi) is 3.97. The maximum absolute atomic E-state index is 11.5. The van der Waals surface area contributed by atoms with Gasteiger partial charge in [0.05, 0.1) is 22.8 Å². The molecule has 2 bridgehead atoms. The lowest BCUT2D eigenvalue weighted by atomic mass is 9.98. The van der Waals surface area contributed by atoms with Crippen LogP contribution in [-0.2, 0) is 9.53 Å². The van der Waals surface area contributed by atoms with Gasteiger partial charge in [-0.15, -0.1) is 11.8 Å². The third-order valence-electron chi connectivity index (χ3n) is 3.47. The van der Waals surface area contributed by atoms with E-state index in [9.17, 15) is 4.79 Å². The molecule has 0 aliphatic heterocycles. The summed E-state index contributed by atoms with van der Waals surface area (Å²) in [6.07, 6.45) is 3.39. The van der Waals surface area contributed by atoms with Gasteiger partial charge in [-0.25, -0.2) is 0 Å². The molecule has 3 atom stereocenters. The molecular formula is C12H19NO3S. The lowest BCUT2D eigenvalue weighted by Crippen LogP contribution is -2.27. The molecule has 0 aromatic rings. The Morgan fingerprint density at radius 2 is 2.35 bits per heavy atom. The molecule has 0 heterocycles. The summed E-state index contributed by atoms with van der Waals surface area (Å²) in [5, 5.41) is 12.7. The highest BCUT2D eigenvalue weighted by molar-refractivity contribution is 8.01. The van der Waals surface area contributed by atoms with Crippen LogP contribution in [0.15, 0.2) is 5.16 Å². The number of oxime groups is 1. The average molecular weight is 257 g/mol. The van der Waals surface area contributed by atoms with Crippen molar-refractivity contribution in [2.75, 3.05) is 5.75 Å². The Labute approximate surface area is 106 Å². The van der Waals surface area contributed by atoms with Gasteiger partial charge in [-0.3, -0.25) is 4.79 Å². The van der Waals surface area contributed by atoms with Crippen molar-refractivity contribution < 1.29 is 14.7 Å². The van der Waals surface area contributed by atoms with Gasteiger partial charge in [0.1, 0.15) is 0 Å². The fourth-order valence-electron chi connectivity index (χ4n) is 2.85. The van der Waals surface area contributed by atoms with Crippen molar-refractivity contribution in [2.45, 2.75) is 44.5 Å². The number of carbonyl (C=O) groups excluding carboxylic acids is 1. The quantitative estimate of drug-likeness (QED) is 0.477. The standard InChI is InChI=1S/C12H19NO3S/c1-7(2)16-10(14)6-17-12-9-4-3-8(5-9)11(12)13-15/h7-9,12,15H,3-6H2,1-2H3/b13-11+/t8-,9+,12-/m0/s1. The van der Waals surface area contributed by atoms with Crippen LogP contribution in [0.25, 0.3) is 0 Å². The van der Waals surface area contributed by atoms with E-state index in [4.69, 9.17) is 9.94 Å². The maximum Gasteiger partial charge on any atom is 0.316 e. The molecule has 96 valence electrons. The molecule has 17 heavy (non-hydrogen) atoms. The van der Waals surface area contributed by atoms with Crippen LogP contribution in [-0.4, -0.2) is 34.0 Å². The minimum absolute atomic E-state index is 0.0610. The number of ether oxygens (including phenoxy) is 1. The zero-order valence-electron chi connectivity index (χ0n) is 10.3. The van der Waals surface area contributed by atoms with Crippen LogP contribution in [0.4, 0.5) is 0 Å². The molecule has 0 saturated heterocycles. The Hall–Kier alpha value is -0.710. The van der Waals surface area contributed by atoms with Crippen LogP contribution in [0, 0.1) is 11.8 Å². The summed E-state index contributed by atoms with van der Waals surface area (Å²) in [6.45, 7) is 3.70. The van der Waals surface area contributed by atoms with Crippen molar-refractivity contribution in [3.63, 3.8) is 0 Å². The van der Waals surface area contributed by atoms with Gasteiger partial charge in [0.15, 0.2) is 0 Å². The van der Waals surface area contributed by atoms with Crippen molar-refractivity contribution in [1.29, 1.82) is 0 Å². The lowest BCUT2D eigenvalue weighted by molar-refractivity contribution is -0.144. The highest BCUT2D eigenvalue weighted by Crippen LogP contribution is 2.47. The first kappa shape index (κ1) is 12.7. The molecule has 0 aromatic carbocycles. The Morgan fingerprint density at radius 3 is 3.00 bits per heavy atom. The van der Waals surface area contributed by atoms with Crippen molar-refractivity contribution in [3.05, 3.63) is 0 Å². The second kappa shape index (κ2) is 5.29. The number of thioether (sulfide) groups is 1. The van der Waals surface area contributed by atoms with Crippen molar-refractivity contribution in [3.8, 4) is 0 Å². The monoisotopic (exact) mass is 257 g/mol.